The molecule has 35 heavy (non-hydrogen) atoms. The molecule has 0 radical (unpaired) electrons. The van der Waals surface area contributed by atoms with E-state index in [1.165, 1.54) is 0 Å². The molecular formula is C28H34N2O5. The van der Waals surface area contributed by atoms with Crippen LogP contribution in [0, 0.1) is 11.8 Å². The molecule has 186 valence electrons. The third kappa shape index (κ3) is 6.21. The topological polar surface area (TPSA) is 105 Å². The number of rotatable bonds is 10. The van der Waals surface area contributed by atoms with E-state index in [4.69, 9.17) is 4.74 Å². The monoisotopic (exact) mass is 478 g/mol. The minimum Gasteiger partial charge on any atom is -0.481 e. The molecule has 2 amide bonds. The first-order valence-corrected chi connectivity index (χ1v) is 12.5. The van der Waals surface area contributed by atoms with Gasteiger partial charge in [0, 0.05) is 24.9 Å². The first kappa shape index (κ1) is 24.8. The number of carbonyl (C=O) groups is 3. The maximum atomic E-state index is 12.4. The van der Waals surface area contributed by atoms with Crippen molar-refractivity contribution in [2.24, 2.45) is 11.8 Å². The Morgan fingerprint density at radius 3 is 2.20 bits per heavy atom. The molecule has 2 atom stereocenters. The molecule has 2 aliphatic rings. The summed E-state index contributed by atoms with van der Waals surface area (Å²) in [5.41, 5.74) is 4.60. The highest BCUT2D eigenvalue weighted by Gasteiger charge is 2.29. The molecule has 0 aromatic heterocycles. The minimum atomic E-state index is -0.873. The van der Waals surface area contributed by atoms with Gasteiger partial charge in [-0.25, -0.2) is 4.79 Å². The van der Waals surface area contributed by atoms with Crippen molar-refractivity contribution in [3.63, 3.8) is 0 Å². The van der Waals surface area contributed by atoms with Crippen molar-refractivity contribution in [2.75, 3.05) is 13.2 Å². The van der Waals surface area contributed by atoms with E-state index < -0.39 is 24.0 Å². The highest BCUT2D eigenvalue weighted by atomic mass is 16.5. The van der Waals surface area contributed by atoms with Crippen molar-refractivity contribution in [3.05, 3.63) is 59.7 Å². The van der Waals surface area contributed by atoms with E-state index in [0.29, 0.717) is 12.3 Å². The van der Waals surface area contributed by atoms with E-state index >= 15 is 0 Å². The van der Waals surface area contributed by atoms with Crippen molar-refractivity contribution >= 4 is 18.0 Å². The fraction of sp³-hybridized carbons (Fsp3) is 0.464. The molecule has 1 fully saturated rings. The molecule has 2 aromatic rings. The number of carbonyl (C=O) groups excluding carboxylic acids is 2. The zero-order valence-electron chi connectivity index (χ0n) is 20.2. The van der Waals surface area contributed by atoms with Crippen molar-refractivity contribution in [1.29, 1.82) is 0 Å². The highest BCUT2D eigenvalue weighted by molar-refractivity contribution is 5.80. The fourth-order valence-corrected chi connectivity index (χ4v) is 5.40. The highest BCUT2D eigenvalue weighted by Crippen LogP contribution is 2.44. The Morgan fingerprint density at radius 2 is 1.60 bits per heavy atom. The second-order valence-corrected chi connectivity index (χ2v) is 9.80. The summed E-state index contributed by atoms with van der Waals surface area (Å²) < 4.78 is 5.54. The maximum absolute atomic E-state index is 12.4. The SMILES string of the molecule is C[C@@H](CC(=O)NCC(CC1CCCC1)C(=O)O)NC(=O)OCC1c2ccccc2-c2ccccc21. The first-order chi connectivity index (χ1) is 16.9. The standard InChI is InChI=1S/C28H34N2O5/c1-18(14-26(31)29-16-20(27(32)33)15-19-8-2-3-9-19)30-28(34)35-17-25-23-12-6-4-10-21(23)22-11-5-7-13-24(22)25/h4-7,10-13,18-20,25H,2-3,8-9,14-17H2,1H3,(H,29,31)(H,30,34)(H,32,33)/t18-,20?/m0/s1. The van der Waals surface area contributed by atoms with E-state index in [1.807, 2.05) is 24.3 Å². The summed E-state index contributed by atoms with van der Waals surface area (Å²) in [4.78, 5) is 36.3. The zero-order valence-corrected chi connectivity index (χ0v) is 20.2. The number of alkyl carbamates (subject to hydrolysis) is 1. The number of fused-ring (bicyclic) bond motifs is 3. The molecule has 0 bridgehead atoms. The number of benzene rings is 2. The van der Waals surface area contributed by atoms with E-state index in [9.17, 15) is 19.5 Å². The van der Waals surface area contributed by atoms with Gasteiger partial charge in [-0.15, -0.1) is 0 Å². The minimum absolute atomic E-state index is 0.0282. The van der Waals surface area contributed by atoms with Crippen molar-refractivity contribution in [1.82, 2.24) is 10.6 Å². The zero-order chi connectivity index (χ0) is 24.8. The second kappa shape index (κ2) is 11.4. The molecule has 0 saturated heterocycles. The van der Waals surface area contributed by atoms with Crippen LogP contribution in [-0.4, -0.2) is 42.3 Å². The predicted octanol–water partition coefficient (Wildman–Crippen LogP) is 4.70. The Labute approximate surface area is 206 Å². The van der Waals surface area contributed by atoms with Crippen LogP contribution < -0.4 is 10.6 Å². The Kier molecular flexibility index (Phi) is 8.06. The lowest BCUT2D eigenvalue weighted by Gasteiger charge is -2.19. The van der Waals surface area contributed by atoms with Gasteiger partial charge in [-0.05, 0) is 41.5 Å². The lowest BCUT2D eigenvalue weighted by Crippen LogP contribution is -2.40. The lowest BCUT2D eigenvalue weighted by atomic mass is 9.93. The van der Waals surface area contributed by atoms with Crippen LogP contribution in [0.25, 0.3) is 11.1 Å². The van der Waals surface area contributed by atoms with Gasteiger partial charge in [0.2, 0.25) is 5.91 Å². The third-order valence-electron chi connectivity index (χ3n) is 7.19. The van der Waals surface area contributed by atoms with Gasteiger partial charge in [0.1, 0.15) is 6.61 Å². The van der Waals surface area contributed by atoms with Crippen molar-refractivity contribution in [2.45, 2.75) is 57.4 Å². The van der Waals surface area contributed by atoms with E-state index in [0.717, 1.165) is 47.9 Å². The van der Waals surface area contributed by atoms with Gasteiger partial charge in [-0.2, -0.15) is 0 Å². The van der Waals surface area contributed by atoms with Crippen LogP contribution in [0.5, 0.6) is 0 Å². The van der Waals surface area contributed by atoms with Crippen molar-refractivity contribution in [3.8, 4) is 11.1 Å². The molecule has 1 saturated carbocycles. The summed E-state index contributed by atoms with van der Waals surface area (Å²) in [5.74, 6) is -1.33. The van der Waals surface area contributed by atoms with Gasteiger partial charge in [-0.1, -0.05) is 74.2 Å². The fourth-order valence-electron chi connectivity index (χ4n) is 5.40. The molecule has 2 aliphatic carbocycles. The van der Waals surface area contributed by atoms with Crippen molar-refractivity contribution < 1.29 is 24.2 Å². The molecule has 0 aliphatic heterocycles. The first-order valence-electron chi connectivity index (χ1n) is 12.5. The van der Waals surface area contributed by atoms with E-state index in [2.05, 4.69) is 34.9 Å². The summed E-state index contributed by atoms with van der Waals surface area (Å²) in [5, 5.41) is 14.9. The van der Waals surface area contributed by atoms with Gasteiger partial charge >= 0.3 is 12.1 Å². The van der Waals surface area contributed by atoms with Crippen LogP contribution in [-0.2, 0) is 14.3 Å². The normalized spacial score (nSPS) is 16.7. The number of amides is 2. The summed E-state index contributed by atoms with van der Waals surface area (Å²) in [6.07, 6.45) is 4.53. The van der Waals surface area contributed by atoms with Crippen LogP contribution >= 0.6 is 0 Å². The molecule has 0 spiro atoms. The van der Waals surface area contributed by atoms with Crippen LogP contribution in [0.3, 0.4) is 0 Å². The molecule has 2 aromatic carbocycles. The van der Waals surface area contributed by atoms with Crippen LogP contribution in [0.4, 0.5) is 4.79 Å². The maximum Gasteiger partial charge on any atom is 0.407 e. The van der Waals surface area contributed by atoms with Crippen LogP contribution in [0.1, 0.15) is 62.5 Å². The molecule has 7 nitrogen and oxygen atoms in total. The van der Waals surface area contributed by atoms with Crippen LogP contribution in [0.15, 0.2) is 48.5 Å². The smallest absolute Gasteiger partial charge is 0.407 e. The van der Waals surface area contributed by atoms with Gasteiger partial charge in [0.25, 0.3) is 0 Å². The second-order valence-electron chi connectivity index (χ2n) is 9.80. The largest absolute Gasteiger partial charge is 0.481 e. The predicted molar refractivity (Wildman–Crippen MR) is 133 cm³/mol. The van der Waals surface area contributed by atoms with Crippen LogP contribution in [0.2, 0.25) is 0 Å². The Hall–Kier alpha value is -3.35. The number of hydrogen-bond donors (Lipinski definition) is 3. The third-order valence-corrected chi connectivity index (χ3v) is 7.19. The summed E-state index contributed by atoms with van der Waals surface area (Å²) >= 11 is 0. The molecule has 3 N–H and O–H groups in total. The molecule has 0 heterocycles. The van der Waals surface area contributed by atoms with Gasteiger partial charge in [0.15, 0.2) is 0 Å². The summed E-state index contributed by atoms with van der Waals surface area (Å²) in [6, 6.07) is 15.8. The van der Waals surface area contributed by atoms with Gasteiger partial charge in [-0.3, -0.25) is 9.59 Å². The number of hydrogen-bond acceptors (Lipinski definition) is 4. The number of ether oxygens (including phenoxy) is 1. The van der Waals surface area contributed by atoms with E-state index in [1.54, 1.807) is 6.92 Å². The quantitative estimate of drug-likeness (QED) is 0.459. The van der Waals surface area contributed by atoms with Gasteiger partial charge < -0.3 is 20.5 Å². The number of aliphatic carboxylic acids is 1. The molecule has 1 unspecified atom stereocenters. The Balaban J connectivity index is 1.22. The Morgan fingerprint density at radius 1 is 1.00 bits per heavy atom. The lowest BCUT2D eigenvalue weighted by molar-refractivity contribution is -0.142. The number of carboxylic acids is 1. The molecule has 4 rings (SSSR count). The van der Waals surface area contributed by atoms with Gasteiger partial charge in [0.05, 0.1) is 5.92 Å². The van der Waals surface area contributed by atoms with E-state index in [-0.39, 0.29) is 31.4 Å². The average Bonchev–Trinajstić information content (AvgIpc) is 3.46. The Bertz CT molecular complexity index is 1020. The molecular weight excluding hydrogens is 444 g/mol. The summed E-state index contributed by atoms with van der Waals surface area (Å²) in [6.45, 7) is 2.05. The number of carboxylic acid groups (broad SMARTS) is 1. The molecule has 7 heteroatoms. The number of nitrogens with one attached hydrogen (secondary N) is 2. The summed E-state index contributed by atoms with van der Waals surface area (Å²) in [7, 11) is 0. The average molecular weight is 479 g/mol.